The first kappa shape index (κ1) is 18.9. The van der Waals surface area contributed by atoms with Crippen molar-refractivity contribution in [3.63, 3.8) is 0 Å². The lowest BCUT2D eigenvalue weighted by molar-refractivity contribution is 0.485. The topological polar surface area (TPSA) is 107 Å². The van der Waals surface area contributed by atoms with Crippen molar-refractivity contribution in [3.05, 3.63) is 53.7 Å². The van der Waals surface area contributed by atoms with E-state index in [4.69, 9.17) is 4.98 Å². The summed E-state index contributed by atoms with van der Waals surface area (Å²) in [6.45, 7) is 4.88. The van der Waals surface area contributed by atoms with Crippen LogP contribution in [0.4, 0.5) is 0 Å². The fourth-order valence-corrected chi connectivity index (χ4v) is 4.54. The number of rotatable bonds is 5. The second kappa shape index (κ2) is 7.08. The third-order valence-corrected chi connectivity index (χ3v) is 6.37. The van der Waals surface area contributed by atoms with Crippen LogP contribution in [-0.2, 0) is 6.54 Å². The summed E-state index contributed by atoms with van der Waals surface area (Å²) in [4.78, 5) is 37.9. The molecule has 0 saturated heterocycles. The lowest BCUT2D eigenvalue weighted by atomic mass is 10.1. The molecule has 1 saturated carbocycles. The number of imidazole rings is 2. The molecule has 0 spiro atoms. The van der Waals surface area contributed by atoms with Crippen LogP contribution in [0.25, 0.3) is 44.8 Å². The molecule has 1 fully saturated rings. The van der Waals surface area contributed by atoms with Gasteiger partial charge in [0.2, 0.25) is 0 Å². The SMILES string of the molecule is CCn1c(-c2cncnc2)nc2c(-c3ccc4[nH]c(=O)n(C(C)C5CC5)c4c3)ncnc21. The van der Waals surface area contributed by atoms with Crippen LogP contribution in [0.3, 0.4) is 0 Å². The van der Waals surface area contributed by atoms with E-state index in [1.54, 1.807) is 18.7 Å². The Bertz CT molecular complexity index is 1510. The van der Waals surface area contributed by atoms with Gasteiger partial charge in [0.05, 0.1) is 16.6 Å². The number of nitrogens with one attached hydrogen (secondary N) is 1. The van der Waals surface area contributed by atoms with Gasteiger partial charge in [0.25, 0.3) is 0 Å². The number of nitrogens with zero attached hydrogens (tertiary/aromatic N) is 7. The van der Waals surface area contributed by atoms with Crippen molar-refractivity contribution in [1.82, 2.24) is 39.0 Å². The summed E-state index contributed by atoms with van der Waals surface area (Å²) in [5.74, 6) is 1.32. The van der Waals surface area contributed by atoms with Gasteiger partial charge in [-0.15, -0.1) is 0 Å². The van der Waals surface area contributed by atoms with Crippen molar-refractivity contribution in [1.29, 1.82) is 0 Å². The molecule has 0 aliphatic heterocycles. The normalized spacial score (nSPS) is 14.9. The number of hydrogen-bond donors (Lipinski definition) is 1. The molecule has 1 atom stereocenters. The second-order valence-corrected chi connectivity index (χ2v) is 8.31. The summed E-state index contributed by atoms with van der Waals surface area (Å²) < 4.78 is 3.92. The number of aromatic nitrogens is 8. The molecule has 4 aromatic heterocycles. The standard InChI is InChI=1S/C23H22N8O/c1-3-30-21(16-9-24-11-25-10-16)29-20-19(26-12-27-22(20)30)15-6-7-17-18(8-15)31(23(32)28-17)13(2)14-4-5-14/h6-14H,3-5H2,1-2H3,(H,28,32). The molecule has 1 aliphatic rings. The fourth-order valence-electron chi connectivity index (χ4n) is 4.54. The summed E-state index contributed by atoms with van der Waals surface area (Å²) in [7, 11) is 0. The van der Waals surface area contributed by atoms with E-state index < -0.39 is 0 Å². The maximum atomic E-state index is 12.7. The lowest BCUT2D eigenvalue weighted by Gasteiger charge is -2.12. The minimum Gasteiger partial charge on any atom is -0.309 e. The van der Waals surface area contributed by atoms with Crippen molar-refractivity contribution in [2.75, 3.05) is 0 Å². The monoisotopic (exact) mass is 426 g/mol. The average Bonchev–Trinajstić information content (AvgIpc) is 3.52. The molecule has 32 heavy (non-hydrogen) atoms. The van der Waals surface area contributed by atoms with Crippen molar-refractivity contribution in [3.8, 4) is 22.6 Å². The third-order valence-electron chi connectivity index (χ3n) is 6.37. The van der Waals surface area contributed by atoms with Gasteiger partial charge in [-0.05, 0) is 44.7 Å². The summed E-state index contributed by atoms with van der Waals surface area (Å²) in [6.07, 6.45) is 8.91. The summed E-state index contributed by atoms with van der Waals surface area (Å²) in [5, 5.41) is 0. The number of H-pyrrole nitrogens is 1. The van der Waals surface area contributed by atoms with Crippen LogP contribution in [-0.4, -0.2) is 39.0 Å². The average molecular weight is 426 g/mol. The number of aromatic amines is 1. The number of fused-ring (bicyclic) bond motifs is 2. The quantitative estimate of drug-likeness (QED) is 0.460. The van der Waals surface area contributed by atoms with Gasteiger partial charge in [0.15, 0.2) is 5.65 Å². The largest absolute Gasteiger partial charge is 0.326 e. The zero-order valence-electron chi connectivity index (χ0n) is 17.9. The van der Waals surface area contributed by atoms with Gasteiger partial charge in [0.1, 0.15) is 29.7 Å². The second-order valence-electron chi connectivity index (χ2n) is 8.31. The Morgan fingerprint density at radius 1 is 1.12 bits per heavy atom. The van der Waals surface area contributed by atoms with Crippen molar-refractivity contribution in [2.45, 2.75) is 39.3 Å². The van der Waals surface area contributed by atoms with Gasteiger partial charge in [-0.1, -0.05) is 6.07 Å². The molecule has 1 aromatic carbocycles. The predicted molar refractivity (Wildman–Crippen MR) is 121 cm³/mol. The van der Waals surface area contributed by atoms with E-state index in [0.29, 0.717) is 18.0 Å². The van der Waals surface area contributed by atoms with Crippen LogP contribution < -0.4 is 5.69 Å². The molecule has 1 unspecified atom stereocenters. The van der Waals surface area contributed by atoms with E-state index in [-0.39, 0.29) is 11.7 Å². The molecule has 9 heteroatoms. The van der Waals surface area contributed by atoms with Crippen LogP contribution in [0, 0.1) is 5.92 Å². The molecule has 4 heterocycles. The first-order valence-corrected chi connectivity index (χ1v) is 10.9. The van der Waals surface area contributed by atoms with E-state index in [9.17, 15) is 4.79 Å². The molecule has 0 amide bonds. The number of benzene rings is 1. The van der Waals surface area contributed by atoms with E-state index in [1.165, 1.54) is 19.2 Å². The Labute approximate surface area is 183 Å². The molecule has 9 nitrogen and oxygen atoms in total. The Hall–Kier alpha value is -3.88. The lowest BCUT2D eigenvalue weighted by Crippen LogP contribution is -2.21. The number of aryl methyl sites for hydroxylation is 1. The summed E-state index contributed by atoms with van der Waals surface area (Å²) in [5.41, 5.74) is 5.60. The first-order chi connectivity index (χ1) is 15.7. The van der Waals surface area contributed by atoms with Crippen molar-refractivity contribution >= 4 is 22.2 Å². The number of hydrogen-bond acceptors (Lipinski definition) is 6. The van der Waals surface area contributed by atoms with Crippen molar-refractivity contribution < 1.29 is 0 Å². The van der Waals surface area contributed by atoms with Crippen LogP contribution in [0.5, 0.6) is 0 Å². The third kappa shape index (κ3) is 2.84. The minimum atomic E-state index is -0.0639. The summed E-state index contributed by atoms with van der Waals surface area (Å²) in [6, 6.07) is 6.12. The molecular weight excluding hydrogens is 404 g/mol. The summed E-state index contributed by atoms with van der Waals surface area (Å²) >= 11 is 0. The molecule has 1 N–H and O–H groups in total. The smallest absolute Gasteiger partial charge is 0.309 e. The zero-order valence-corrected chi connectivity index (χ0v) is 17.9. The molecule has 5 aromatic rings. The van der Waals surface area contributed by atoms with Crippen LogP contribution in [0.15, 0.2) is 48.0 Å². The van der Waals surface area contributed by atoms with Crippen LogP contribution in [0.1, 0.15) is 32.7 Å². The Morgan fingerprint density at radius 2 is 1.94 bits per heavy atom. The first-order valence-electron chi connectivity index (χ1n) is 10.9. The maximum Gasteiger partial charge on any atom is 0.326 e. The van der Waals surface area contributed by atoms with Gasteiger partial charge < -0.3 is 9.55 Å². The molecule has 1 aliphatic carbocycles. The van der Waals surface area contributed by atoms with Gasteiger partial charge in [-0.3, -0.25) is 4.57 Å². The van der Waals surface area contributed by atoms with Crippen molar-refractivity contribution in [2.24, 2.45) is 5.92 Å². The highest BCUT2D eigenvalue weighted by molar-refractivity contribution is 5.92. The maximum absolute atomic E-state index is 12.7. The van der Waals surface area contributed by atoms with E-state index in [0.717, 1.165) is 39.3 Å². The van der Waals surface area contributed by atoms with Gasteiger partial charge in [-0.25, -0.2) is 29.7 Å². The highest BCUT2D eigenvalue weighted by Crippen LogP contribution is 2.40. The minimum absolute atomic E-state index is 0.0639. The van der Waals surface area contributed by atoms with E-state index >= 15 is 0 Å². The fraction of sp³-hybridized carbons (Fsp3) is 0.304. The van der Waals surface area contributed by atoms with Gasteiger partial charge >= 0.3 is 5.69 Å². The highest BCUT2D eigenvalue weighted by Gasteiger charge is 2.31. The predicted octanol–water partition coefficient (Wildman–Crippen LogP) is 3.58. The Balaban J connectivity index is 1.56. The van der Waals surface area contributed by atoms with E-state index in [2.05, 4.69) is 38.8 Å². The Morgan fingerprint density at radius 3 is 2.69 bits per heavy atom. The molecule has 0 bridgehead atoms. The van der Waals surface area contributed by atoms with Gasteiger partial charge in [-0.2, -0.15) is 0 Å². The molecular formula is C23H22N8O. The van der Waals surface area contributed by atoms with Crippen LogP contribution in [0.2, 0.25) is 0 Å². The molecule has 0 radical (unpaired) electrons. The Kier molecular flexibility index (Phi) is 4.17. The van der Waals surface area contributed by atoms with E-state index in [1.807, 2.05) is 27.3 Å². The van der Waals surface area contributed by atoms with Gasteiger partial charge in [0, 0.05) is 30.5 Å². The van der Waals surface area contributed by atoms with Crippen LogP contribution >= 0.6 is 0 Å². The highest BCUT2D eigenvalue weighted by atomic mass is 16.1. The molecule has 160 valence electrons. The molecule has 6 rings (SSSR count). The zero-order chi connectivity index (χ0) is 21.8.